The summed E-state index contributed by atoms with van der Waals surface area (Å²) in [6.07, 6.45) is 1.07. The van der Waals surface area contributed by atoms with Gasteiger partial charge in [-0.2, -0.15) is 0 Å². The molecule has 1 heteroatoms. The number of benzene rings is 1. The lowest BCUT2D eigenvalue weighted by molar-refractivity contribution is 0.414. The van der Waals surface area contributed by atoms with Crippen molar-refractivity contribution < 1.29 is 4.74 Å². The largest absolute Gasteiger partial charge is 0.497 e. The molecule has 1 aromatic carbocycles. The van der Waals surface area contributed by atoms with E-state index in [1.165, 1.54) is 11.1 Å². The van der Waals surface area contributed by atoms with E-state index < -0.39 is 0 Å². The molecule has 0 heterocycles. The van der Waals surface area contributed by atoms with E-state index in [1.807, 2.05) is 6.07 Å². The minimum Gasteiger partial charge on any atom is -0.497 e. The smallest absolute Gasteiger partial charge is 0.119 e. The lowest BCUT2D eigenvalue weighted by atomic mass is 10.1. The summed E-state index contributed by atoms with van der Waals surface area (Å²) in [5.74, 6) is 0.951. The highest BCUT2D eigenvalue weighted by Crippen LogP contribution is 2.16. The van der Waals surface area contributed by atoms with Gasteiger partial charge in [0.25, 0.3) is 0 Å². The fraction of sp³-hybridized carbons (Fsp3) is 0.400. The molecule has 1 nitrogen and oxygen atoms in total. The highest BCUT2D eigenvalue weighted by Gasteiger charge is 1.96. The van der Waals surface area contributed by atoms with Crippen LogP contribution in [0, 0.1) is 6.92 Å². The summed E-state index contributed by atoms with van der Waals surface area (Å²) in [6, 6.07) is 6.18. The Labute approximate surface area is 68.0 Å². The number of hydrogen-bond acceptors (Lipinski definition) is 1. The second kappa shape index (κ2) is 3.42. The first-order valence-electron chi connectivity index (χ1n) is 3.91. The van der Waals surface area contributed by atoms with Crippen LogP contribution in [0.3, 0.4) is 0 Å². The van der Waals surface area contributed by atoms with E-state index in [2.05, 4.69) is 26.0 Å². The van der Waals surface area contributed by atoms with Crippen LogP contribution in [0.5, 0.6) is 5.75 Å². The lowest BCUT2D eigenvalue weighted by Gasteiger charge is -2.05. The maximum Gasteiger partial charge on any atom is 0.119 e. The molecule has 11 heavy (non-hydrogen) atoms. The van der Waals surface area contributed by atoms with E-state index in [0.29, 0.717) is 0 Å². The Hall–Kier alpha value is -0.980. The van der Waals surface area contributed by atoms with E-state index in [0.717, 1.165) is 12.2 Å². The number of rotatable bonds is 2. The molecule has 0 spiro atoms. The Morgan fingerprint density at radius 1 is 1.36 bits per heavy atom. The molecule has 0 saturated heterocycles. The predicted molar refractivity (Wildman–Crippen MR) is 47.1 cm³/mol. The second-order valence-electron chi connectivity index (χ2n) is 2.65. The fourth-order valence-electron chi connectivity index (χ4n) is 1.16. The molecule has 0 radical (unpaired) electrons. The van der Waals surface area contributed by atoms with E-state index in [9.17, 15) is 0 Å². The van der Waals surface area contributed by atoms with Crippen molar-refractivity contribution in [2.45, 2.75) is 20.3 Å². The molecular formula is C10H14O. The first kappa shape index (κ1) is 8.12. The average molecular weight is 150 g/mol. The summed E-state index contributed by atoms with van der Waals surface area (Å²) in [5.41, 5.74) is 2.71. The lowest BCUT2D eigenvalue weighted by Crippen LogP contribution is -1.88. The number of aryl methyl sites for hydroxylation is 2. The third-order valence-electron chi connectivity index (χ3n) is 1.94. The Kier molecular flexibility index (Phi) is 2.53. The van der Waals surface area contributed by atoms with Crippen LogP contribution in [0.25, 0.3) is 0 Å². The quantitative estimate of drug-likeness (QED) is 0.629. The van der Waals surface area contributed by atoms with Gasteiger partial charge in [-0.15, -0.1) is 0 Å². The summed E-state index contributed by atoms with van der Waals surface area (Å²) < 4.78 is 5.11. The van der Waals surface area contributed by atoms with Crippen molar-refractivity contribution in [1.29, 1.82) is 0 Å². The van der Waals surface area contributed by atoms with Crippen molar-refractivity contribution in [3.63, 3.8) is 0 Å². The van der Waals surface area contributed by atoms with E-state index >= 15 is 0 Å². The van der Waals surface area contributed by atoms with E-state index in [4.69, 9.17) is 4.74 Å². The normalized spacial score (nSPS) is 9.73. The molecule has 0 bridgehead atoms. The summed E-state index contributed by atoms with van der Waals surface area (Å²) in [7, 11) is 1.70. The topological polar surface area (TPSA) is 9.23 Å². The summed E-state index contributed by atoms with van der Waals surface area (Å²) in [4.78, 5) is 0. The molecule has 0 aromatic heterocycles. The Morgan fingerprint density at radius 3 is 2.64 bits per heavy atom. The molecule has 0 fully saturated rings. The van der Waals surface area contributed by atoms with Crippen LogP contribution in [0.4, 0.5) is 0 Å². The zero-order valence-corrected chi connectivity index (χ0v) is 7.35. The zero-order chi connectivity index (χ0) is 8.27. The molecule has 0 amide bonds. The highest BCUT2D eigenvalue weighted by molar-refractivity contribution is 5.34. The number of hydrogen-bond donors (Lipinski definition) is 0. The van der Waals surface area contributed by atoms with Crippen LogP contribution in [0.15, 0.2) is 18.2 Å². The van der Waals surface area contributed by atoms with Crippen LogP contribution in [0.1, 0.15) is 18.1 Å². The maximum atomic E-state index is 5.11. The standard InChI is InChI=1S/C10H14O/c1-4-9-7-10(11-3)6-5-8(9)2/h5-7H,4H2,1-3H3. The third kappa shape index (κ3) is 1.73. The molecule has 1 rings (SSSR count). The summed E-state index contributed by atoms with van der Waals surface area (Å²) >= 11 is 0. The summed E-state index contributed by atoms with van der Waals surface area (Å²) in [5, 5.41) is 0. The fourth-order valence-corrected chi connectivity index (χ4v) is 1.16. The Bertz CT molecular complexity index is 241. The SMILES string of the molecule is CCc1cc(OC)ccc1C. The van der Waals surface area contributed by atoms with Gasteiger partial charge in [0, 0.05) is 0 Å². The van der Waals surface area contributed by atoms with Gasteiger partial charge in [0.15, 0.2) is 0 Å². The van der Waals surface area contributed by atoms with Crippen LogP contribution in [-0.4, -0.2) is 7.11 Å². The Balaban J connectivity index is 3.02. The minimum atomic E-state index is 0.951. The number of ether oxygens (including phenoxy) is 1. The first-order chi connectivity index (χ1) is 5.27. The summed E-state index contributed by atoms with van der Waals surface area (Å²) in [6.45, 7) is 4.28. The molecule has 0 aliphatic carbocycles. The van der Waals surface area contributed by atoms with Gasteiger partial charge in [-0.05, 0) is 36.6 Å². The molecule has 0 saturated carbocycles. The Morgan fingerprint density at radius 2 is 2.09 bits per heavy atom. The van der Waals surface area contributed by atoms with Gasteiger partial charge in [-0.1, -0.05) is 13.0 Å². The van der Waals surface area contributed by atoms with Crippen LogP contribution < -0.4 is 4.74 Å². The van der Waals surface area contributed by atoms with Gasteiger partial charge in [-0.25, -0.2) is 0 Å². The van der Waals surface area contributed by atoms with Gasteiger partial charge >= 0.3 is 0 Å². The van der Waals surface area contributed by atoms with Gasteiger partial charge in [0.2, 0.25) is 0 Å². The number of methoxy groups -OCH3 is 1. The molecule has 0 aliphatic rings. The molecule has 0 unspecified atom stereocenters. The van der Waals surface area contributed by atoms with Crippen LogP contribution >= 0.6 is 0 Å². The van der Waals surface area contributed by atoms with E-state index in [-0.39, 0.29) is 0 Å². The van der Waals surface area contributed by atoms with Crippen molar-refractivity contribution in [2.24, 2.45) is 0 Å². The van der Waals surface area contributed by atoms with Gasteiger partial charge in [-0.3, -0.25) is 0 Å². The van der Waals surface area contributed by atoms with Crippen molar-refractivity contribution >= 4 is 0 Å². The monoisotopic (exact) mass is 150 g/mol. The van der Waals surface area contributed by atoms with Gasteiger partial charge in [0.05, 0.1) is 7.11 Å². The zero-order valence-electron chi connectivity index (χ0n) is 7.35. The van der Waals surface area contributed by atoms with Crippen molar-refractivity contribution in [3.8, 4) is 5.75 Å². The first-order valence-corrected chi connectivity index (χ1v) is 3.91. The molecule has 0 aliphatic heterocycles. The van der Waals surface area contributed by atoms with Crippen molar-refractivity contribution in [3.05, 3.63) is 29.3 Å². The second-order valence-corrected chi connectivity index (χ2v) is 2.65. The maximum absolute atomic E-state index is 5.11. The van der Waals surface area contributed by atoms with Crippen LogP contribution in [0.2, 0.25) is 0 Å². The molecular weight excluding hydrogens is 136 g/mol. The molecule has 60 valence electrons. The minimum absolute atomic E-state index is 0.951. The third-order valence-corrected chi connectivity index (χ3v) is 1.94. The van der Waals surface area contributed by atoms with Crippen molar-refractivity contribution in [2.75, 3.05) is 7.11 Å². The van der Waals surface area contributed by atoms with Gasteiger partial charge < -0.3 is 4.74 Å². The van der Waals surface area contributed by atoms with Crippen molar-refractivity contribution in [1.82, 2.24) is 0 Å². The van der Waals surface area contributed by atoms with Gasteiger partial charge in [0.1, 0.15) is 5.75 Å². The predicted octanol–water partition coefficient (Wildman–Crippen LogP) is 2.57. The molecule has 1 aromatic rings. The molecule has 0 N–H and O–H groups in total. The average Bonchev–Trinajstić information content (AvgIpc) is 2.05. The van der Waals surface area contributed by atoms with E-state index in [1.54, 1.807) is 7.11 Å². The molecule has 0 atom stereocenters. The van der Waals surface area contributed by atoms with Crippen LogP contribution in [-0.2, 0) is 6.42 Å². The highest BCUT2D eigenvalue weighted by atomic mass is 16.5.